The fourth-order valence-electron chi connectivity index (χ4n) is 1.79. The first-order chi connectivity index (χ1) is 9.47. The van der Waals surface area contributed by atoms with E-state index in [4.69, 9.17) is 9.47 Å². The number of aromatic hydroxyl groups is 1. The highest BCUT2D eigenvalue weighted by atomic mass is 16.5. The summed E-state index contributed by atoms with van der Waals surface area (Å²) in [7, 11) is 4.19. The molecule has 0 aliphatic carbocycles. The van der Waals surface area contributed by atoms with Gasteiger partial charge in [-0.05, 0) is 23.8 Å². The van der Waals surface area contributed by atoms with Crippen molar-refractivity contribution in [1.29, 1.82) is 0 Å². The maximum absolute atomic E-state index is 11.8. The minimum absolute atomic E-state index is 0.129. The summed E-state index contributed by atoms with van der Waals surface area (Å²) in [4.78, 5) is 24.1. The van der Waals surface area contributed by atoms with Crippen molar-refractivity contribution in [2.75, 3.05) is 21.3 Å². The third-order valence-corrected chi connectivity index (χ3v) is 2.89. The number of methoxy groups -OCH3 is 2. The Morgan fingerprint density at radius 3 is 2.15 bits per heavy atom. The van der Waals surface area contributed by atoms with Crippen molar-refractivity contribution in [3.05, 3.63) is 23.4 Å². The van der Waals surface area contributed by atoms with Crippen LogP contribution in [0.15, 0.2) is 17.8 Å². The number of benzene rings is 1. The molecule has 1 aromatic rings. The summed E-state index contributed by atoms with van der Waals surface area (Å²) in [5.74, 6) is -0.139. The van der Waals surface area contributed by atoms with E-state index in [9.17, 15) is 14.7 Å². The van der Waals surface area contributed by atoms with Crippen molar-refractivity contribution < 1.29 is 24.2 Å². The van der Waals surface area contributed by atoms with Gasteiger partial charge in [-0.15, -0.1) is 0 Å². The Morgan fingerprint density at radius 1 is 1.20 bits per heavy atom. The molecule has 0 saturated carbocycles. The third kappa shape index (κ3) is 2.25. The standard InChI is InChI=1S/C13H14N2O5/c1-15-12(17)8(14-13(15)18)4-7-5-9(19-2)11(16)10(6-7)20-3/h4-6,16H,1-3H3,(H,14,18)/b8-4-. The summed E-state index contributed by atoms with van der Waals surface area (Å²) in [6.07, 6.45) is 1.48. The van der Waals surface area contributed by atoms with Crippen LogP contribution in [-0.2, 0) is 4.79 Å². The van der Waals surface area contributed by atoms with Crippen LogP contribution in [0.25, 0.3) is 6.08 Å². The zero-order valence-corrected chi connectivity index (χ0v) is 11.3. The monoisotopic (exact) mass is 278 g/mol. The molecule has 1 aliphatic rings. The lowest BCUT2D eigenvalue weighted by Crippen LogP contribution is -2.25. The molecule has 0 radical (unpaired) electrons. The summed E-state index contributed by atoms with van der Waals surface area (Å²) in [6.45, 7) is 0. The summed E-state index contributed by atoms with van der Waals surface area (Å²) >= 11 is 0. The molecule has 0 unspecified atom stereocenters. The van der Waals surface area contributed by atoms with Gasteiger partial charge in [-0.3, -0.25) is 9.69 Å². The number of ether oxygens (including phenoxy) is 2. The predicted octanol–water partition coefficient (Wildman–Crippen LogP) is 0.932. The highest BCUT2D eigenvalue weighted by Gasteiger charge is 2.30. The number of rotatable bonds is 3. The lowest BCUT2D eigenvalue weighted by molar-refractivity contribution is -0.121. The molecule has 1 heterocycles. The maximum Gasteiger partial charge on any atom is 0.328 e. The predicted molar refractivity (Wildman–Crippen MR) is 70.5 cm³/mol. The van der Waals surface area contributed by atoms with Gasteiger partial charge >= 0.3 is 6.03 Å². The van der Waals surface area contributed by atoms with Crippen LogP contribution in [-0.4, -0.2) is 43.2 Å². The average Bonchev–Trinajstić information content (AvgIpc) is 2.68. The molecule has 7 nitrogen and oxygen atoms in total. The Labute approximate surface area is 115 Å². The smallest absolute Gasteiger partial charge is 0.328 e. The molecule has 0 aromatic heterocycles. The molecule has 1 aliphatic heterocycles. The first-order valence-electron chi connectivity index (χ1n) is 5.73. The highest BCUT2D eigenvalue weighted by Crippen LogP contribution is 2.37. The Bertz CT molecular complexity index is 584. The lowest BCUT2D eigenvalue weighted by atomic mass is 10.1. The number of likely N-dealkylation sites (N-methyl/N-ethyl adjacent to an activating group) is 1. The number of amides is 3. The van der Waals surface area contributed by atoms with Crippen molar-refractivity contribution >= 4 is 18.0 Å². The quantitative estimate of drug-likeness (QED) is 0.634. The summed E-state index contributed by atoms with van der Waals surface area (Å²) in [5, 5.41) is 12.2. The van der Waals surface area contributed by atoms with Gasteiger partial charge in [0.05, 0.1) is 14.2 Å². The summed E-state index contributed by atoms with van der Waals surface area (Å²) in [6, 6.07) is 2.57. The van der Waals surface area contributed by atoms with Crippen LogP contribution in [0.3, 0.4) is 0 Å². The third-order valence-electron chi connectivity index (χ3n) is 2.89. The summed E-state index contributed by atoms with van der Waals surface area (Å²) in [5.41, 5.74) is 0.697. The van der Waals surface area contributed by atoms with Crippen molar-refractivity contribution in [1.82, 2.24) is 10.2 Å². The van der Waals surface area contributed by atoms with Crippen molar-refractivity contribution in [2.45, 2.75) is 0 Å². The van der Waals surface area contributed by atoms with Crippen LogP contribution in [0.5, 0.6) is 17.2 Å². The number of phenolic OH excluding ortho intramolecular Hbond substituents is 1. The van der Waals surface area contributed by atoms with Crippen LogP contribution in [0.1, 0.15) is 5.56 Å². The van der Waals surface area contributed by atoms with Gasteiger partial charge in [0.2, 0.25) is 5.75 Å². The zero-order chi connectivity index (χ0) is 14.9. The van der Waals surface area contributed by atoms with E-state index < -0.39 is 11.9 Å². The first kappa shape index (κ1) is 13.7. The minimum atomic E-state index is -0.487. The van der Waals surface area contributed by atoms with E-state index in [-0.39, 0.29) is 22.9 Å². The molecule has 2 N–H and O–H groups in total. The molecular formula is C13H14N2O5. The van der Waals surface area contributed by atoms with Crippen LogP contribution in [0, 0.1) is 0 Å². The fourth-order valence-corrected chi connectivity index (χ4v) is 1.79. The number of nitrogens with one attached hydrogen (secondary N) is 1. The number of nitrogens with zero attached hydrogens (tertiary/aromatic N) is 1. The van der Waals surface area contributed by atoms with E-state index in [1.807, 2.05) is 0 Å². The lowest BCUT2D eigenvalue weighted by Gasteiger charge is -2.09. The van der Waals surface area contributed by atoms with Crippen LogP contribution in [0.4, 0.5) is 4.79 Å². The molecule has 0 bridgehead atoms. The average molecular weight is 278 g/mol. The van der Waals surface area contributed by atoms with E-state index in [2.05, 4.69) is 5.32 Å². The fraction of sp³-hybridized carbons (Fsp3) is 0.231. The Balaban J connectivity index is 2.44. The van der Waals surface area contributed by atoms with Crippen molar-refractivity contribution in [3.63, 3.8) is 0 Å². The van der Waals surface area contributed by atoms with Gasteiger partial charge in [-0.25, -0.2) is 4.79 Å². The number of urea groups is 1. The number of carbonyl (C=O) groups excluding carboxylic acids is 2. The second kappa shape index (κ2) is 5.12. The Hall–Kier alpha value is -2.70. The van der Waals surface area contributed by atoms with Gasteiger partial charge in [0.15, 0.2) is 11.5 Å². The van der Waals surface area contributed by atoms with Gasteiger partial charge in [-0.2, -0.15) is 0 Å². The number of hydrogen-bond donors (Lipinski definition) is 2. The maximum atomic E-state index is 11.8. The van der Waals surface area contributed by atoms with E-state index in [0.29, 0.717) is 5.56 Å². The largest absolute Gasteiger partial charge is 0.502 e. The molecule has 1 saturated heterocycles. The Kier molecular flexibility index (Phi) is 3.51. The molecule has 106 valence electrons. The number of phenols is 1. The molecule has 1 fully saturated rings. The minimum Gasteiger partial charge on any atom is -0.502 e. The van der Waals surface area contributed by atoms with E-state index >= 15 is 0 Å². The molecule has 20 heavy (non-hydrogen) atoms. The van der Waals surface area contributed by atoms with Gasteiger partial charge in [0, 0.05) is 7.05 Å². The van der Waals surface area contributed by atoms with Gasteiger partial charge < -0.3 is 19.9 Å². The molecule has 1 aromatic carbocycles. The highest BCUT2D eigenvalue weighted by molar-refractivity contribution is 6.13. The van der Waals surface area contributed by atoms with Crippen molar-refractivity contribution in [2.24, 2.45) is 0 Å². The number of hydrogen-bond acceptors (Lipinski definition) is 5. The van der Waals surface area contributed by atoms with Crippen molar-refractivity contribution in [3.8, 4) is 17.2 Å². The van der Waals surface area contributed by atoms with E-state index in [1.165, 1.54) is 39.5 Å². The normalized spacial score (nSPS) is 16.6. The molecule has 7 heteroatoms. The molecule has 2 rings (SSSR count). The van der Waals surface area contributed by atoms with Gasteiger partial charge in [-0.1, -0.05) is 0 Å². The first-order valence-corrected chi connectivity index (χ1v) is 5.73. The van der Waals surface area contributed by atoms with E-state index in [0.717, 1.165) is 4.90 Å². The molecule has 0 atom stereocenters. The topological polar surface area (TPSA) is 88.1 Å². The van der Waals surface area contributed by atoms with E-state index in [1.54, 1.807) is 0 Å². The van der Waals surface area contributed by atoms with Crippen LogP contribution in [0.2, 0.25) is 0 Å². The molecule has 0 spiro atoms. The summed E-state index contributed by atoms with van der Waals surface area (Å²) < 4.78 is 10.0. The zero-order valence-electron chi connectivity index (χ0n) is 11.3. The van der Waals surface area contributed by atoms with Crippen LogP contribution < -0.4 is 14.8 Å². The second-order valence-corrected chi connectivity index (χ2v) is 4.13. The van der Waals surface area contributed by atoms with Crippen LogP contribution >= 0.6 is 0 Å². The van der Waals surface area contributed by atoms with Gasteiger partial charge in [0.1, 0.15) is 5.70 Å². The molecule has 3 amide bonds. The second-order valence-electron chi connectivity index (χ2n) is 4.13. The van der Waals surface area contributed by atoms with Gasteiger partial charge in [0.25, 0.3) is 5.91 Å². The number of imide groups is 1. The Morgan fingerprint density at radius 2 is 1.75 bits per heavy atom. The number of carbonyl (C=O) groups is 2. The SMILES string of the molecule is COc1cc(/C=C2\NC(=O)N(C)C2=O)cc(OC)c1O. The molecular weight excluding hydrogens is 264 g/mol.